The lowest BCUT2D eigenvalue weighted by atomic mass is 10.0. The van der Waals surface area contributed by atoms with Gasteiger partial charge < -0.3 is 25.8 Å². The van der Waals surface area contributed by atoms with Crippen LogP contribution in [0, 0.1) is 12.3 Å². The molecule has 0 aliphatic carbocycles. The Morgan fingerprint density at radius 2 is 2.29 bits per heavy atom. The molecular formula is C13H16N4O4. The molecule has 2 aromatic heterocycles. The highest BCUT2D eigenvalue weighted by molar-refractivity contribution is 5.86. The second-order valence-corrected chi connectivity index (χ2v) is 4.45. The van der Waals surface area contributed by atoms with Crippen LogP contribution in [0.5, 0.6) is 0 Å². The Kier molecular flexibility index (Phi) is 4.11. The van der Waals surface area contributed by atoms with Crippen LogP contribution in [0.3, 0.4) is 0 Å². The van der Waals surface area contributed by atoms with Crippen LogP contribution in [-0.4, -0.2) is 55.8 Å². The van der Waals surface area contributed by atoms with Crippen LogP contribution < -0.4 is 5.73 Å². The lowest BCUT2D eigenvalue weighted by Crippen LogP contribution is -2.51. The first-order valence-corrected chi connectivity index (χ1v) is 6.09. The number of aromatic nitrogens is 3. The van der Waals surface area contributed by atoms with Crippen LogP contribution in [-0.2, 0) is 10.5 Å². The van der Waals surface area contributed by atoms with Crippen molar-refractivity contribution < 1.29 is 20.1 Å². The molecule has 2 rings (SSSR count). The summed E-state index contributed by atoms with van der Waals surface area (Å²) in [6, 6.07) is 1.57. The monoisotopic (exact) mass is 292 g/mol. The fourth-order valence-electron chi connectivity index (χ4n) is 2.11. The number of nitrogens with zero attached hydrogens (tertiary/aromatic N) is 3. The highest BCUT2D eigenvalue weighted by Gasteiger charge is 2.42. The van der Waals surface area contributed by atoms with Crippen LogP contribution in [0.4, 0.5) is 5.82 Å². The van der Waals surface area contributed by atoms with Crippen molar-refractivity contribution in [1.29, 1.82) is 0 Å². The largest absolute Gasteiger partial charge is 0.394 e. The number of aliphatic hydroxyl groups is 3. The number of nitrogen functional groups attached to an aromatic ring is 1. The van der Waals surface area contributed by atoms with Gasteiger partial charge in [0.25, 0.3) is 0 Å². The van der Waals surface area contributed by atoms with Gasteiger partial charge in [0.1, 0.15) is 30.0 Å². The Morgan fingerprint density at radius 1 is 1.57 bits per heavy atom. The normalized spacial score (nSPS) is 17.1. The standard InChI is InChI=1S/C13H16N4O4/c1-3-13(20,10(19)9(6-18)21-2)17-5-4-8-11(14)15-7-16-12(8)17/h1,4-5,7,9-10,18-20H,6H2,2H3,(H2,14,15,16)/t9-,10-,13-/m1/s1. The van der Waals surface area contributed by atoms with Gasteiger partial charge in [-0.05, 0) is 12.0 Å². The molecule has 3 atom stereocenters. The molecule has 0 radical (unpaired) electrons. The summed E-state index contributed by atoms with van der Waals surface area (Å²) in [7, 11) is 1.29. The molecule has 0 spiro atoms. The van der Waals surface area contributed by atoms with Crippen LogP contribution in [0.25, 0.3) is 11.0 Å². The third kappa shape index (κ3) is 2.32. The van der Waals surface area contributed by atoms with Gasteiger partial charge in [0.15, 0.2) is 0 Å². The maximum absolute atomic E-state index is 10.7. The van der Waals surface area contributed by atoms with E-state index in [1.54, 1.807) is 6.07 Å². The molecule has 2 aromatic rings. The van der Waals surface area contributed by atoms with Crippen molar-refractivity contribution in [3.05, 3.63) is 18.6 Å². The number of ether oxygens (including phenoxy) is 1. The molecule has 112 valence electrons. The summed E-state index contributed by atoms with van der Waals surface area (Å²) < 4.78 is 6.10. The number of nitrogens with two attached hydrogens (primary N) is 1. The zero-order valence-electron chi connectivity index (χ0n) is 11.3. The predicted octanol–water partition coefficient (Wildman–Crippen LogP) is -1.34. The molecule has 0 saturated carbocycles. The Labute approximate surface area is 120 Å². The van der Waals surface area contributed by atoms with Crippen molar-refractivity contribution in [3.63, 3.8) is 0 Å². The van der Waals surface area contributed by atoms with E-state index < -0.39 is 24.5 Å². The molecule has 0 unspecified atom stereocenters. The van der Waals surface area contributed by atoms with Gasteiger partial charge in [-0.3, -0.25) is 4.57 Å². The Bertz CT molecular complexity index is 676. The number of fused-ring (bicyclic) bond motifs is 1. The van der Waals surface area contributed by atoms with Gasteiger partial charge >= 0.3 is 0 Å². The van der Waals surface area contributed by atoms with Crippen molar-refractivity contribution in [2.45, 2.75) is 17.9 Å². The van der Waals surface area contributed by atoms with E-state index >= 15 is 0 Å². The average Bonchev–Trinajstić information content (AvgIpc) is 2.93. The van der Waals surface area contributed by atoms with Crippen LogP contribution in [0.1, 0.15) is 0 Å². The molecule has 0 aromatic carbocycles. The van der Waals surface area contributed by atoms with Crippen LogP contribution >= 0.6 is 0 Å². The molecule has 0 aliphatic rings. The Hall–Kier alpha value is -2.18. The van der Waals surface area contributed by atoms with Crippen molar-refractivity contribution in [1.82, 2.24) is 14.5 Å². The third-order valence-corrected chi connectivity index (χ3v) is 3.34. The summed E-state index contributed by atoms with van der Waals surface area (Å²) in [6.07, 6.45) is 5.39. The van der Waals surface area contributed by atoms with Crippen molar-refractivity contribution >= 4 is 16.9 Å². The second-order valence-electron chi connectivity index (χ2n) is 4.45. The fourth-order valence-corrected chi connectivity index (χ4v) is 2.11. The van der Waals surface area contributed by atoms with E-state index in [0.29, 0.717) is 5.39 Å². The SMILES string of the molecule is C#C[C@@](O)([C@H](O)[C@@H](CO)OC)n1ccc2c(N)ncnc21. The molecule has 0 bridgehead atoms. The van der Waals surface area contributed by atoms with Gasteiger partial charge in [0.05, 0.1) is 12.0 Å². The summed E-state index contributed by atoms with van der Waals surface area (Å²) >= 11 is 0. The number of terminal acetylenes is 1. The van der Waals surface area contributed by atoms with E-state index in [0.717, 1.165) is 0 Å². The first-order valence-electron chi connectivity index (χ1n) is 6.09. The van der Waals surface area contributed by atoms with Crippen LogP contribution in [0.2, 0.25) is 0 Å². The fraction of sp³-hybridized carbons (Fsp3) is 0.385. The average molecular weight is 292 g/mol. The minimum atomic E-state index is -2.16. The third-order valence-electron chi connectivity index (χ3n) is 3.34. The highest BCUT2D eigenvalue weighted by Crippen LogP contribution is 2.27. The van der Waals surface area contributed by atoms with Crippen molar-refractivity contribution in [2.24, 2.45) is 0 Å². The Balaban J connectivity index is 2.58. The molecule has 5 N–H and O–H groups in total. The van der Waals surface area contributed by atoms with E-state index in [1.807, 2.05) is 0 Å². The topological polar surface area (TPSA) is 127 Å². The zero-order chi connectivity index (χ0) is 15.6. The minimum absolute atomic E-state index is 0.220. The van der Waals surface area contributed by atoms with Gasteiger partial charge in [-0.1, -0.05) is 0 Å². The number of rotatable bonds is 5. The smallest absolute Gasteiger partial charge is 0.236 e. The Morgan fingerprint density at radius 3 is 2.86 bits per heavy atom. The maximum atomic E-state index is 10.7. The molecule has 2 heterocycles. The molecule has 8 heteroatoms. The predicted molar refractivity (Wildman–Crippen MR) is 74.9 cm³/mol. The summed E-state index contributed by atoms with van der Waals surface area (Å²) in [5, 5.41) is 30.6. The van der Waals surface area contributed by atoms with E-state index in [1.165, 1.54) is 24.2 Å². The van der Waals surface area contributed by atoms with Gasteiger partial charge in [0, 0.05) is 13.3 Å². The van der Waals surface area contributed by atoms with E-state index in [4.69, 9.17) is 16.9 Å². The molecule has 0 saturated heterocycles. The summed E-state index contributed by atoms with van der Waals surface area (Å²) in [5.74, 6) is 2.34. The highest BCUT2D eigenvalue weighted by atomic mass is 16.5. The number of anilines is 1. The molecular weight excluding hydrogens is 276 g/mol. The summed E-state index contributed by atoms with van der Waals surface area (Å²) in [5.41, 5.74) is 3.82. The lowest BCUT2D eigenvalue weighted by Gasteiger charge is -2.33. The van der Waals surface area contributed by atoms with E-state index in [-0.39, 0.29) is 11.5 Å². The summed E-state index contributed by atoms with van der Waals surface area (Å²) in [6.45, 7) is -0.516. The summed E-state index contributed by atoms with van der Waals surface area (Å²) in [4.78, 5) is 7.85. The van der Waals surface area contributed by atoms with Crippen molar-refractivity contribution in [2.75, 3.05) is 19.5 Å². The lowest BCUT2D eigenvalue weighted by molar-refractivity contribution is -0.152. The molecule has 21 heavy (non-hydrogen) atoms. The van der Waals surface area contributed by atoms with Crippen molar-refractivity contribution in [3.8, 4) is 12.3 Å². The van der Waals surface area contributed by atoms with E-state index in [2.05, 4.69) is 15.9 Å². The quantitative estimate of drug-likeness (QED) is 0.502. The second kappa shape index (κ2) is 5.67. The van der Waals surface area contributed by atoms with Crippen LogP contribution in [0.15, 0.2) is 18.6 Å². The number of aliphatic hydroxyl groups excluding tert-OH is 2. The van der Waals surface area contributed by atoms with Gasteiger partial charge in [-0.2, -0.15) is 0 Å². The van der Waals surface area contributed by atoms with Gasteiger partial charge in [0.2, 0.25) is 5.72 Å². The van der Waals surface area contributed by atoms with E-state index in [9.17, 15) is 15.3 Å². The van der Waals surface area contributed by atoms with Gasteiger partial charge in [-0.25, -0.2) is 9.97 Å². The van der Waals surface area contributed by atoms with Gasteiger partial charge in [-0.15, -0.1) is 6.42 Å². The first kappa shape index (κ1) is 15.2. The maximum Gasteiger partial charge on any atom is 0.236 e. The molecule has 0 fully saturated rings. The molecule has 0 aliphatic heterocycles. The number of hydrogen-bond donors (Lipinski definition) is 4. The molecule has 0 amide bonds. The minimum Gasteiger partial charge on any atom is -0.394 e. The number of hydrogen-bond acceptors (Lipinski definition) is 7. The zero-order valence-corrected chi connectivity index (χ0v) is 11.3. The number of methoxy groups -OCH3 is 1. The molecule has 8 nitrogen and oxygen atoms in total. The first-order chi connectivity index (χ1) is 9.99.